The first kappa shape index (κ1) is 12.9. The third-order valence-corrected chi connectivity index (χ3v) is 0.644. The number of aldehydes is 2. The molecule has 6 heteroatoms. The molecule has 0 atom stereocenters. The van der Waals surface area contributed by atoms with Gasteiger partial charge in [-0.1, -0.05) is 0 Å². The van der Waals surface area contributed by atoms with Gasteiger partial charge < -0.3 is 24.7 Å². The summed E-state index contributed by atoms with van der Waals surface area (Å²) < 4.78 is 0. The maximum absolute atomic E-state index is 9.56. The molecule has 0 rings (SSSR count). The van der Waals surface area contributed by atoms with Crippen LogP contribution in [0.25, 0.3) is 0 Å². The second-order valence-corrected chi connectivity index (χ2v) is 1.61. The SMILES string of the molecule is O=CCCCC=O.OB(O)O. The summed E-state index contributed by atoms with van der Waals surface area (Å²) in [7, 11) is -2.17. The van der Waals surface area contributed by atoms with Crippen molar-refractivity contribution in [3.05, 3.63) is 0 Å². The molecule has 0 saturated carbocycles. The van der Waals surface area contributed by atoms with Crippen molar-refractivity contribution in [3.63, 3.8) is 0 Å². The summed E-state index contributed by atoms with van der Waals surface area (Å²) in [6, 6.07) is 0. The fraction of sp³-hybridized carbons (Fsp3) is 0.600. The van der Waals surface area contributed by atoms with Gasteiger partial charge in [-0.3, -0.25) is 0 Å². The smallest absolute Gasteiger partial charge is 0.402 e. The van der Waals surface area contributed by atoms with Gasteiger partial charge in [-0.25, -0.2) is 0 Å². The van der Waals surface area contributed by atoms with E-state index in [1.807, 2.05) is 0 Å². The van der Waals surface area contributed by atoms with Crippen molar-refractivity contribution in [2.24, 2.45) is 0 Å². The summed E-state index contributed by atoms with van der Waals surface area (Å²) in [5.41, 5.74) is 0. The quantitative estimate of drug-likeness (QED) is 0.265. The van der Waals surface area contributed by atoms with Crippen molar-refractivity contribution in [1.29, 1.82) is 0 Å². The van der Waals surface area contributed by atoms with Crippen molar-refractivity contribution < 1.29 is 24.7 Å². The average Bonchev–Trinajstić information content (AvgIpc) is 1.88. The number of carbonyl (C=O) groups excluding carboxylic acids is 2. The standard InChI is InChI=1S/C5H8O2.BH3O3/c6-4-2-1-3-5-7;2-1(3)4/h4-5H,1-3H2;2-4H. The molecule has 0 aliphatic carbocycles. The number of unbranched alkanes of at least 4 members (excludes halogenated alkanes) is 2. The first-order valence-corrected chi connectivity index (χ1v) is 3.06. The molecule has 64 valence electrons. The highest BCUT2D eigenvalue weighted by Gasteiger charge is 1.92. The summed E-state index contributed by atoms with van der Waals surface area (Å²) >= 11 is 0. The molecule has 0 fully saturated rings. The summed E-state index contributed by atoms with van der Waals surface area (Å²) in [5, 5.41) is 21.5. The molecule has 11 heavy (non-hydrogen) atoms. The lowest BCUT2D eigenvalue weighted by molar-refractivity contribution is -0.108. The molecule has 0 bridgehead atoms. The molecule has 0 aliphatic heterocycles. The minimum atomic E-state index is -2.17. The molecule has 5 nitrogen and oxygen atoms in total. The Morgan fingerprint density at radius 1 is 1.00 bits per heavy atom. The first-order chi connectivity index (χ1) is 5.15. The van der Waals surface area contributed by atoms with Gasteiger partial charge >= 0.3 is 7.32 Å². The van der Waals surface area contributed by atoms with Crippen molar-refractivity contribution in [2.45, 2.75) is 19.3 Å². The van der Waals surface area contributed by atoms with Crippen LogP contribution in [0.1, 0.15) is 19.3 Å². The van der Waals surface area contributed by atoms with E-state index in [4.69, 9.17) is 15.1 Å². The van der Waals surface area contributed by atoms with E-state index < -0.39 is 7.32 Å². The Balaban J connectivity index is 0. The van der Waals surface area contributed by atoms with E-state index in [1.165, 1.54) is 0 Å². The van der Waals surface area contributed by atoms with Gasteiger partial charge in [-0.2, -0.15) is 0 Å². The number of carbonyl (C=O) groups is 2. The lowest BCUT2D eigenvalue weighted by Crippen LogP contribution is -2.07. The van der Waals surface area contributed by atoms with Crippen LogP contribution in [-0.2, 0) is 9.59 Å². The van der Waals surface area contributed by atoms with Gasteiger partial charge in [0.25, 0.3) is 0 Å². The van der Waals surface area contributed by atoms with Gasteiger partial charge in [0.1, 0.15) is 12.6 Å². The van der Waals surface area contributed by atoms with Crippen LogP contribution in [0.4, 0.5) is 0 Å². The maximum Gasteiger partial charge on any atom is 0.631 e. The minimum absolute atomic E-state index is 0.513. The zero-order chi connectivity index (χ0) is 9.11. The van der Waals surface area contributed by atoms with Gasteiger partial charge in [0, 0.05) is 12.8 Å². The van der Waals surface area contributed by atoms with Gasteiger partial charge in [0.2, 0.25) is 0 Å². The topological polar surface area (TPSA) is 94.8 Å². The van der Waals surface area contributed by atoms with Gasteiger partial charge in [-0.05, 0) is 6.42 Å². The Labute approximate surface area is 64.8 Å². The first-order valence-electron chi connectivity index (χ1n) is 3.06. The highest BCUT2D eigenvalue weighted by atomic mass is 16.5. The van der Waals surface area contributed by atoms with Crippen LogP contribution >= 0.6 is 0 Å². The van der Waals surface area contributed by atoms with Crippen LogP contribution in [0.3, 0.4) is 0 Å². The lowest BCUT2D eigenvalue weighted by Gasteiger charge is -1.78. The highest BCUT2D eigenvalue weighted by molar-refractivity contribution is 6.30. The summed E-state index contributed by atoms with van der Waals surface area (Å²) in [6.07, 6.45) is 3.37. The van der Waals surface area contributed by atoms with E-state index in [-0.39, 0.29) is 0 Å². The largest absolute Gasteiger partial charge is 0.631 e. The Morgan fingerprint density at radius 2 is 1.27 bits per heavy atom. The van der Waals surface area contributed by atoms with E-state index in [2.05, 4.69) is 0 Å². The second kappa shape index (κ2) is 12.0. The van der Waals surface area contributed by atoms with Crippen LogP contribution in [0, 0.1) is 0 Å². The molecule has 3 N–H and O–H groups in total. The van der Waals surface area contributed by atoms with E-state index in [1.54, 1.807) is 0 Å². The molecule has 0 spiro atoms. The Hall–Kier alpha value is -0.715. The average molecular weight is 162 g/mol. The lowest BCUT2D eigenvalue weighted by atomic mass is 10.3. The van der Waals surface area contributed by atoms with E-state index in [0.717, 1.165) is 12.6 Å². The van der Waals surface area contributed by atoms with E-state index in [0.29, 0.717) is 19.3 Å². The zero-order valence-corrected chi connectivity index (χ0v) is 6.01. The molecular formula is C5H11BO5. The maximum atomic E-state index is 9.56. The van der Waals surface area contributed by atoms with E-state index >= 15 is 0 Å². The summed E-state index contributed by atoms with van der Waals surface area (Å²) in [4.78, 5) is 19.1. The Bertz CT molecular complexity index is 84.1. The van der Waals surface area contributed by atoms with Gasteiger partial charge in [0.05, 0.1) is 0 Å². The summed E-state index contributed by atoms with van der Waals surface area (Å²) in [6.45, 7) is 0. The molecule has 0 unspecified atom stereocenters. The van der Waals surface area contributed by atoms with E-state index in [9.17, 15) is 9.59 Å². The molecule has 0 aromatic carbocycles. The molecule has 0 heterocycles. The zero-order valence-electron chi connectivity index (χ0n) is 6.01. The fourth-order valence-corrected chi connectivity index (χ4v) is 0.285. The molecule has 0 radical (unpaired) electrons. The highest BCUT2D eigenvalue weighted by Crippen LogP contribution is 1.85. The molecule has 0 aromatic heterocycles. The third-order valence-electron chi connectivity index (χ3n) is 0.644. The number of rotatable bonds is 4. The van der Waals surface area contributed by atoms with Crippen molar-refractivity contribution in [3.8, 4) is 0 Å². The van der Waals surface area contributed by atoms with Crippen LogP contribution in [0.15, 0.2) is 0 Å². The Morgan fingerprint density at radius 3 is 1.45 bits per heavy atom. The second-order valence-electron chi connectivity index (χ2n) is 1.61. The normalized spacial score (nSPS) is 7.55. The predicted octanol–water partition coefficient (Wildman–Crippen LogP) is -1.50. The molecule has 0 aromatic rings. The van der Waals surface area contributed by atoms with Gasteiger partial charge in [0.15, 0.2) is 0 Å². The molecule has 0 saturated heterocycles. The summed E-state index contributed by atoms with van der Waals surface area (Å²) in [5.74, 6) is 0. The number of hydrogen-bond donors (Lipinski definition) is 3. The van der Waals surface area contributed by atoms with Gasteiger partial charge in [-0.15, -0.1) is 0 Å². The van der Waals surface area contributed by atoms with Crippen LogP contribution in [0.5, 0.6) is 0 Å². The van der Waals surface area contributed by atoms with Crippen molar-refractivity contribution in [2.75, 3.05) is 0 Å². The predicted molar refractivity (Wildman–Crippen MR) is 38.4 cm³/mol. The van der Waals surface area contributed by atoms with Crippen molar-refractivity contribution >= 4 is 19.9 Å². The number of hydrogen-bond acceptors (Lipinski definition) is 5. The minimum Gasteiger partial charge on any atom is -0.402 e. The Kier molecular flexibility index (Phi) is 14.1. The monoisotopic (exact) mass is 162 g/mol. The molecule has 0 aliphatic rings. The van der Waals surface area contributed by atoms with Crippen LogP contribution in [0.2, 0.25) is 0 Å². The van der Waals surface area contributed by atoms with Crippen LogP contribution < -0.4 is 0 Å². The fourth-order valence-electron chi connectivity index (χ4n) is 0.285. The molecular weight excluding hydrogens is 151 g/mol. The van der Waals surface area contributed by atoms with Crippen molar-refractivity contribution in [1.82, 2.24) is 0 Å². The third kappa shape index (κ3) is 45.7. The molecule has 0 amide bonds. The van der Waals surface area contributed by atoms with Crippen LogP contribution in [-0.4, -0.2) is 35.0 Å².